The van der Waals surface area contributed by atoms with Crippen molar-refractivity contribution in [1.29, 1.82) is 0 Å². The van der Waals surface area contributed by atoms with Gasteiger partial charge in [0.1, 0.15) is 0 Å². The topological polar surface area (TPSA) is 66.1 Å². The van der Waals surface area contributed by atoms with Crippen LogP contribution in [0, 0.1) is 0 Å². The maximum Gasteiger partial charge on any atom is 0.272 e. The van der Waals surface area contributed by atoms with Crippen LogP contribution in [0.1, 0.15) is 19.0 Å². The molecule has 3 aromatic rings. The number of amides is 1. The highest BCUT2D eigenvalue weighted by molar-refractivity contribution is 6.30. The molecule has 0 aliphatic heterocycles. The molecule has 0 saturated carbocycles. The lowest BCUT2D eigenvalue weighted by Gasteiger charge is -2.22. The van der Waals surface area contributed by atoms with Crippen molar-refractivity contribution in [2.75, 3.05) is 11.4 Å². The van der Waals surface area contributed by atoms with Crippen molar-refractivity contribution in [3.8, 4) is 0 Å². The molecule has 0 fully saturated rings. The Hall–Kier alpha value is -2.66. The minimum absolute atomic E-state index is 0.0751. The summed E-state index contributed by atoms with van der Waals surface area (Å²) in [6.07, 6.45) is 0.939. The fourth-order valence-electron chi connectivity index (χ4n) is 2.79. The van der Waals surface area contributed by atoms with E-state index in [9.17, 15) is 9.59 Å². The number of nitrogens with one attached hydrogen (secondary N) is 1. The first kappa shape index (κ1) is 17.2. The maximum atomic E-state index is 12.9. The summed E-state index contributed by atoms with van der Waals surface area (Å²) in [6, 6.07) is 14.4. The number of rotatable bonds is 5. The van der Waals surface area contributed by atoms with Crippen molar-refractivity contribution < 1.29 is 4.79 Å². The molecule has 0 spiro atoms. The molecule has 0 aliphatic carbocycles. The van der Waals surface area contributed by atoms with Crippen LogP contribution in [0.25, 0.3) is 10.8 Å². The van der Waals surface area contributed by atoms with E-state index in [1.807, 2.05) is 31.2 Å². The van der Waals surface area contributed by atoms with Gasteiger partial charge in [0.05, 0.1) is 17.5 Å². The molecular weight excluding hydrogens is 338 g/mol. The third-order valence-electron chi connectivity index (χ3n) is 3.98. The molecule has 0 saturated heterocycles. The van der Waals surface area contributed by atoms with Crippen LogP contribution in [0.5, 0.6) is 0 Å². The highest BCUT2D eigenvalue weighted by Gasteiger charge is 2.18. The second-order valence-corrected chi connectivity index (χ2v) is 6.18. The van der Waals surface area contributed by atoms with Crippen LogP contribution in [0.15, 0.2) is 53.3 Å². The molecule has 0 atom stereocenters. The van der Waals surface area contributed by atoms with Gasteiger partial charge >= 0.3 is 0 Å². The first-order valence-corrected chi connectivity index (χ1v) is 8.50. The van der Waals surface area contributed by atoms with Gasteiger partial charge in [-0.05, 0) is 36.8 Å². The highest BCUT2D eigenvalue weighted by atomic mass is 35.5. The highest BCUT2D eigenvalue weighted by Crippen LogP contribution is 2.20. The number of carbonyl (C=O) groups excluding carboxylic acids is 1. The van der Waals surface area contributed by atoms with E-state index in [-0.39, 0.29) is 17.9 Å². The van der Waals surface area contributed by atoms with E-state index >= 15 is 0 Å². The molecule has 1 heterocycles. The fourth-order valence-corrected chi connectivity index (χ4v) is 2.91. The van der Waals surface area contributed by atoms with Gasteiger partial charge in [-0.1, -0.05) is 36.7 Å². The van der Waals surface area contributed by atoms with E-state index in [0.717, 1.165) is 12.1 Å². The van der Waals surface area contributed by atoms with Gasteiger partial charge in [0.2, 0.25) is 5.91 Å². The molecule has 1 aromatic heterocycles. The zero-order valence-electron chi connectivity index (χ0n) is 13.8. The summed E-state index contributed by atoms with van der Waals surface area (Å²) < 4.78 is 0. The smallest absolute Gasteiger partial charge is 0.272 e. The zero-order valence-corrected chi connectivity index (χ0v) is 14.6. The molecule has 6 heteroatoms. The summed E-state index contributed by atoms with van der Waals surface area (Å²) in [5, 5.41) is 8.43. The van der Waals surface area contributed by atoms with Crippen LogP contribution in [-0.4, -0.2) is 22.6 Å². The summed E-state index contributed by atoms with van der Waals surface area (Å²) >= 11 is 5.94. The largest absolute Gasteiger partial charge is 0.312 e. The number of hydrogen-bond donors (Lipinski definition) is 1. The molecule has 0 radical (unpaired) electrons. The number of anilines is 1. The van der Waals surface area contributed by atoms with E-state index in [0.29, 0.717) is 28.0 Å². The van der Waals surface area contributed by atoms with Gasteiger partial charge < -0.3 is 4.90 Å². The zero-order chi connectivity index (χ0) is 17.8. The van der Waals surface area contributed by atoms with Crippen LogP contribution < -0.4 is 10.5 Å². The number of H-pyrrole nitrogens is 1. The number of halogens is 1. The SMILES string of the molecule is CCCN(C(=O)Cc1n[nH]c(=O)c2ccccc12)c1ccc(Cl)cc1. The Kier molecular flexibility index (Phi) is 5.14. The van der Waals surface area contributed by atoms with Crippen molar-refractivity contribution in [2.45, 2.75) is 19.8 Å². The summed E-state index contributed by atoms with van der Waals surface area (Å²) in [5.41, 5.74) is 1.11. The minimum atomic E-state index is -0.255. The number of aromatic nitrogens is 2. The predicted octanol–water partition coefficient (Wildman–Crippen LogP) is 3.56. The molecule has 2 aromatic carbocycles. The van der Waals surface area contributed by atoms with Gasteiger partial charge in [-0.2, -0.15) is 5.10 Å². The van der Waals surface area contributed by atoms with Crippen LogP contribution in [0.4, 0.5) is 5.69 Å². The van der Waals surface area contributed by atoms with Crippen molar-refractivity contribution >= 4 is 34.0 Å². The van der Waals surface area contributed by atoms with E-state index in [1.165, 1.54) is 0 Å². The van der Waals surface area contributed by atoms with Crippen molar-refractivity contribution in [1.82, 2.24) is 10.2 Å². The van der Waals surface area contributed by atoms with Gasteiger partial charge in [-0.15, -0.1) is 0 Å². The third kappa shape index (κ3) is 3.72. The molecule has 128 valence electrons. The monoisotopic (exact) mass is 355 g/mol. The van der Waals surface area contributed by atoms with E-state index in [4.69, 9.17) is 11.6 Å². The number of hydrogen-bond acceptors (Lipinski definition) is 3. The maximum absolute atomic E-state index is 12.9. The standard InChI is InChI=1S/C19H18ClN3O2/c1-2-11-23(14-9-7-13(20)8-10-14)18(24)12-17-15-5-3-4-6-16(15)19(25)22-21-17/h3-10H,2,11-12H2,1H3,(H,22,25). The molecule has 0 bridgehead atoms. The number of benzene rings is 2. The summed E-state index contributed by atoms with van der Waals surface area (Å²) in [4.78, 5) is 26.5. The average Bonchev–Trinajstić information content (AvgIpc) is 2.63. The van der Waals surface area contributed by atoms with Gasteiger partial charge in [-0.25, -0.2) is 5.10 Å². The summed E-state index contributed by atoms with van der Waals surface area (Å²) in [7, 11) is 0. The predicted molar refractivity (Wildman–Crippen MR) is 100 cm³/mol. The Bertz CT molecular complexity index is 951. The van der Waals surface area contributed by atoms with Crippen LogP contribution in [0.2, 0.25) is 5.02 Å². The number of aromatic amines is 1. The molecule has 3 rings (SSSR count). The van der Waals surface area contributed by atoms with E-state index in [2.05, 4.69) is 10.2 Å². The lowest BCUT2D eigenvalue weighted by molar-refractivity contribution is -0.118. The molecular formula is C19H18ClN3O2. The molecule has 1 amide bonds. The third-order valence-corrected chi connectivity index (χ3v) is 4.23. The molecule has 0 unspecified atom stereocenters. The van der Waals surface area contributed by atoms with Gasteiger partial charge in [0.15, 0.2) is 0 Å². The molecule has 1 N–H and O–H groups in total. The van der Waals surface area contributed by atoms with Gasteiger partial charge in [0.25, 0.3) is 5.56 Å². The van der Waals surface area contributed by atoms with Crippen molar-refractivity contribution in [3.05, 3.63) is 69.6 Å². The number of nitrogens with zero attached hydrogens (tertiary/aromatic N) is 2. The minimum Gasteiger partial charge on any atom is -0.312 e. The lowest BCUT2D eigenvalue weighted by atomic mass is 10.1. The fraction of sp³-hybridized carbons (Fsp3) is 0.211. The summed E-state index contributed by atoms with van der Waals surface area (Å²) in [6.45, 7) is 2.62. The Morgan fingerprint density at radius 2 is 1.80 bits per heavy atom. The van der Waals surface area contributed by atoms with Crippen LogP contribution >= 0.6 is 11.6 Å². The second-order valence-electron chi connectivity index (χ2n) is 5.74. The second kappa shape index (κ2) is 7.49. The Labute approximate surface area is 150 Å². The molecule has 0 aliphatic rings. The van der Waals surface area contributed by atoms with Gasteiger partial charge in [0, 0.05) is 22.6 Å². The summed E-state index contributed by atoms with van der Waals surface area (Å²) in [5.74, 6) is -0.0751. The lowest BCUT2D eigenvalue weighted by Crippen LogP contribution is -2.33. The van der Waals surface area contributed by atoms with Crippen molar-refractivity contribution in [3.63, 3.8) is 0 Å². The molecule has 5 nitrogen and oxygen atoms in total. The van der Waals surface area contributed by atoms with E-state index in [1.54, 1.807) is 29.2 Å². The van der Waals surface area contributed by atoms with Crippen LogP contribution in [-0.2, 0) is 11.2 Å². The van der Waals surface area contributed by atoms with Crippen LogP contribution in [0.3, 0.4) is 0 Å². The first-order valence-electron chi connectivity index (χ1n) is 8.12. The first-order chi connectivity index (χ1) is 12.1. The number of carbonyl (C=O) groups is 1. The molecule has 25 heavy (non-hydrogen) atoms. The Morgan fingerprint density at radius 3 is 2.48 bits per heavy atom. The quantitative estimate of drug-likeness (QED) is 0.761. The average molecular weight is 356 g/mol. The van der Waals surface area contributed by atoms with Gasteiger partial charge in [-0.3, -0.25) is 9.59 Å². The Balaban J connectivity index is 1.93. The van der Waals surface area contributed by atoms with Crippen molar-refractivity contribution in [2.24, 2.45) is 0 Å². The van der Waals surface area contributed by atoms with E-state index < -0.39 is 0 Å². The Morgan fingerprint density at radius 1 is 1.12 bits per heavy atom. The normalized spacial score (nSPS) is 10.8. The number of fused-ring (bicyclic) bond motifs is 1.